The Labute approximate surface area is 130 Å². The van der Waals surface area contributed by atoms with Crippen LogP contribution in [0.4, 0.5) is 0 Å². The zero-order chi connectivity index (χ0) is 15.2. The zero-order valence-corrected chi connectivity index (χ0v) is 13.0. The summed E-state index contributed by atoms with van der Waals surface area (Å²) in [7, 11) is 2.00. The van der Waals surface area contributed by atoms with E-state index in [9.17, 15) is 4.79 Å². The molecule has 1 amide bonds. The number of carbonyl (C=O) groups is 1. The molecule has 0 aliphatic carbocycles. The average Bonchev–Trinajstić information content (AvgIpc) is 2.52. The third-order valence-corrected chi connectivity index (χ3v) is 5.12. The predicted molar refractivity (Wildman–Crippen MR) is 81.9 cm³/mol. The summed E-state index contributed by atoms with van der Waals surface area (Å²) in [6.07, 6.45) is 1.00. The Kier molecular flexibility index (Phi) is 3.35. The molecule has 0 aromatic heterocycles. The predicted octanol–water partition coefficient (Wildman–Crippen LogP) is 0.781. The van der Waals surface area contributed by atoms with E-state index in [1.54, 1.807) is 0 Å². The number of likely N-dealkylation sites (N-methyl/N-ethyl adjacent to an activating group) is 1. The normalized spacial score (nSPS) is 27.0. The number of benzene rings is 1. The van der Waals surface area contributed by atoms with Gasteiger partial charge in [0, 0.05) is 25.0 Å². The summed E-state index contributed by atoms with van der Waals surface area (Å²) >= 11 is 0. The summed E-state index contributed by atoms with van der Waals surface area (Å²) in [4.78, 5) is 16.7. The molecule has 1 aromatic rings. The second-order valence-corrected chi connectivity index (χ2v) is 6.84. The highest BCUT2D eigenvalue weighted by Gasteiger charge is 2.49. The van der Waals surface area contributed by atoms with E-state index in [1.807, 2.05) is 24.1 Å². The maximum absolute atomic E-state index is 12.6. The Morgan fingerprint density at radius 3 is 2.95 bits per heavy atom. The van der Waals surface area contributed by atoms with Gasteiger partial charge in [0.05, 0.1) is 19.8 Å². The largest absolute Gasteiger partial charge is 0.493 e. The first-order valence-corrected chi connectivity index (χ1v) is 7.94. The van der Waals surface area contributed by atoms with Crippen LogP contribution >= 0.6 is 0 Å². The van der Waals surface area contributed by atoms with Crippen molar-refractivity contribution in [1.82, 2.24) is 9.80 Å². The third kappa shape index (κ3) is 2.29. The molecule has 118 valence electrons. The van der Waals surface area contributed by atoms with Crippen LogP contribution in [0, 0.1) is 5.41 Å². The van der Waals surface area contributed by atoms with E-state index < -0.39 is 0 Å². The molecule has 3 heterocycles. The number of amides is 1. The van der Waals surface area contributed by atoms with Crippen molar-refractivity contribution >= 4 is 5.91 Å². The van der Waals surface area contributed by atoms with Gasteiger partial charge in [-0.25, -0.2) is 0 Å². The molecule has 5 nitrogen and oxygen atoms in total. The van der Waals surface area contributed by atoms with Crippen LogP contribution in [-0.2, 0) is 16.0 Å². The molecule has 3 aliphatic rings. The molecule has 0 bridgehead atoms. The lowest BCUT2D eigenvalue weighted by Crippen LogP contribution is -2.66. The minimum atomic E-state index is -0.122. The van der Waals surface area contributed by atoms with Crippen LogP contribution < -0.4 is 4.74 Å². The second-order valence-electron chi connectivity index (χ2n) is 6.84. The van der Waals surface area contributed by atoms with Crippen molar-refractivity contribution in [2.24, 2.45) is 5.41 Å². The molecule has 1 aromatic carbocycles. The Morgan fingerprint density at radius 2 is 2.14 bits per heavy atom. The van der Waals surface area contributed by atoms with Crippen molar-refractivity contribution in [3.05, 3.63) is 29.8 Å². The SMILES string of the molecule is CN1CCOC[C@H]1C(=O)N1CC2(COc3ccccc3C2)C1. The monoisotopic (exact) mass is 302 g/mol. The first-order chi connectivity index (χ1) is 10.7. The minimum absolute atomic E-state index is 0.109. The molecule has 0 N–H and O–H groups in total. The maximum Gasteiger partial charge on any atom is 0.242 e. The van der Waals surface area contributed by atoms with E-state index in [0.717, 1.165) is 38.4 Å². The van der Waals surface area contributed by atoms with Crippen LogP contribution in [0.1, 0.15) is 5.56 Å². The molecule has 4 rings (SSSR count). The molecule has 2 saturated heterocycles. The van der Waals surface area contributed by atoms with Gasteiger partial charge in [0.25, 0.3) is 0 Å². The summed E-state index contributed by atoms with van der Waals surface area (Å²) in [5, 5.41) is 0. The summed E-state index contributed by atoms with van der Waals surface area (Å²) in [5.41, 5.74) is 1.37. The lowest BCUT2D eigenvalue weighted by molar-refractivity contribution is -0.157. The van der Waals surface area contributed by atoms with E-state index in [4.69, 9.17) is 9.47 Å². The molecule has 2 fully saturated rings. The van der Waals surface area contributed by atoms with Gasteiger partial charge in [-0.2, -0.15) is 0 Å². The van der Waals surface area contributed by atoms with Crippen LogP contribution in [0.25, 0.3) is 0 Å². The van der Waals surface area contributed by atoms with Gasteiger partial charge in [0.2, 0.25) is 5.91 Å². The topological polar surface area (TPSA) is 42.0 Å². The smallest absolute Gasteiger partial charge is 0.242 e. The Bertz CT molecular complexity index is 583. The molecule has 5 heteroatoms. The number of fused-ring (bicyclic) bond motifs is 1. The molecule has 3 aliphatic heterocycles. The minimum Gasteiger partial charge on any atom is -0.493 e. The van der Waals surface area contributed by atoms with E-state index in [1.165, 1.54) is 5.56 Å². The molecule has 0 radical (unpaired) electrons. The Morgan fingerprint density at radius 1 is 1.32 bits per heavy atom. The number of likely N-dealkylation sites (tertiary alicyclic amines) is 1. The number of ether oxygens (including phenoxy) is 2. The average molecular weight is 302 g/mol. The van der Waals surface area contributed by atoms with Gasteiger partial charge in [0.15, 0.2) is 0 Å². The lowest BCUT2D eigenvalue weighted by Gasteiger charge is -2.53. The first-order valence-electron chi connectivity index (χ1n) is 7.94. The number of nitrogens with zero attached hydrogens (tertiary/aromatic N) is 2. The van der Waals surface area contributed by atoms with Crippen LogP contribution in [-0.4, -0.2) is 68.3 Å². The van der Waals surface area contributed by atoms with E-state index >= 15 is 0 Å². The highest BCUT2D eigenvalue weighted by molar-refractivity contribution is 5.83. The van der Waals surface area contributed by atoms with Crippen molar-refractivity contribution in [2.45, 2.75) is 12.5 Å². The summed E-state index contributed by atoms with van der Waals surface area (Å²) < 4.78 is 11.4. The quantitative estimate of drug-likeness (QED) is 0.769. The van der Waals surface area contributed by atoms with Gasteiger partial charge in [-0.15, -0.1) is 0 Å². The lowest BCUT2D eigenvalue weighted by atomic mass is 9.73. The van der Waals surface area contributed by atoms with Crippen LogP contribution in [0.2, 0.25) is 0 Å². The maximum atomic E-state index is 12.6. The third-order valence-electron chi connectivity index (χ3n) is 5.12. The number of morpholine rings is 1. The molecular formula is C17H22N2O3. The Hall–Kier alpha value is -1.59. The van der Waals surface area contributed by atoms with Gasteiger partial charge < -0.3 is 14.4 Å². The van der Waals surface area contributed by atoms with E-state index in [0.29, 0.717) is 13.2 Å². The summed E-state index contributed by atoms with van der Waals surface area (Å²) in [6.45, 7) is 4.36. The van der Waals surface area contributed by atoms with Crippen molar-refractivity contribution in [3.63, 3.8) is 0 Å². The molecule has 0 saturated carbocycles. The fourth-order valence-corrected chi connectivity index (χ4v) is 3.76. The van der Waals surface area contributed by atoms with Crippen LogP contribution in [0.15, 0.2) is 24.3 Å². The first kappa shape index (κ1) is 14.0. The Balaban J connectivity index is 1.41. The van der Waals surface area contributed by atoms with Crippen LogP contribution in [0.3, 0.4) is 0 Å². The molecular weight excluding hydrogens is 280 g/mol. The standard InChI is InChI=1S/C17H22N2O3/c1-18-6-7-21-9-14(18)16(20)19-10-17(11-19)8-13-4-2-3-5-15(13)22-12-17/h2-5,14H,6-12H2,1H3/t14-/m0/s1. The van der Waals surface area contributed by atoms with Gasteiger partial charge in [-0.3, -0.25) is 9.69 Å². The number of hydrogen-bond donors (Lipinski definition) is 0. The summed E-state index contributed by atoms with van der Waals surface area (Å²) in [6, 6.07) is 8.09. The fraction of sp³-hybridized carbons (Fsp3) is 0.588. The molecule has 1 spiro atoms. The summed E-state index contributed by atoms with van der Waals surface area (Å²) in [5.74, 6) is 1.20. The van der Waals surface area contributed by atoms with Gasteiger partial charge in [-0.1, -0.05) is 18.2 Å². The number of rotatable bonds is 1. The molecule has 1 atom stereocenters. The highest BCUT2D eigenvalue weighted by Crippen LogP contribution is 2.41. The fourth-order valence-electron chi connectivity index (χ4n) is 3.76. The molecule has 0 unspecified atom stereocenters. The number of hydrogen-bond acceptors (Lipinski definition) is 4. The van der Waals surface area contributed by atoms with Gasteiger partial charge >= 0.3 is 0 Å². The van der Waals surface area contributed by atoms with Crippen LogP contribution in [0.5, 0.6) is 5.75 Å². The van der Waals surface area contributed by atoms with E-state index in [-0.39, 0.29) is 17.4 Å². The van der Waals surface area contributed by atoms with Gasteiger partial charge in [-0.05, 0) is 25.1 Å². The number of para-hydroxylation sites is 1. The van der Waals surface area contributed by atoms with E-state index in [2.05, 4.69) is 17.0 Å². The van der Waals surface area contributed by atoms with Gasteiger partial charge in [0.1, 0.15) is 11.8 Å². The number of carbonyl (C=O) groups excluding carboxylic acids is 1. The second kappa shape index (κ2) is 5.25. The van der Waals surface area contributed by atoms with Crippen molar-refractivity contribution < 1.29 is 14.3 Å². The molecule has 22 heavy (non-hydrogen) atoms. The highest BCUT2D eigenvalue weighted by atomic mass is 16.5. The van der Waals surface area contributed by atoms with Crippen molar-refractivity contribution in [2.75, 3.05) is 46.5 Å². The van der Waals surface area contributed by atoms with Crippen molar-refractivity contribution in [1.29, 1.82) is 0 Å². The zero-order valence-electron chi connectivity index (χ0n) is 13.0. The van der Waals surface area contributed by atoms with Crippen molar-refractivity contribution in [3.8, 4) is 5.75 Å².